The molecule has 0 rings (SSSR count). The summed E-state index contributed by atoms with van der Waals surface area (Å²) in [5.41, 5.74) is -0.0203. The molecule has 0 amide bonds. The fraction of sp³-hybridized carbons (Fsp3) is 1.00. The monoisotopic (exact) mass is 178 g/mol. The van der Waals surface area contributed by atoms with E-state index in [0.29, 0.717) is 5.75 Å². The van der Waals surface area contributed by atoms with Crippen LogP contribution in [0.5, 0.6) is 0 Å². The van der Waals surface area contributed by atoms with Crippen LogP contribution in [0.25, 0.3) is 0 Å². The number of hydrogen-bond acceptors (Lipinski definition) is 2. The molecule has 0 spiro atoms. The third-order valence-corrected chi connectivity index (χ3v) is 3.54. The summed E-state index contributed by atoms with van der Waals surface area (Å²) in [6.45, 7) is 6.09. The van der Waals surface area contributed by atoms with Crippen molar-refractivity contribution in [2.75, 3.05) is 12.0 Å². The van der Waals surface area contributed by atoms with E-state index in [-0.39, 0.29) is 5.41 Å². The largest absolute Gasteiger partial charge is 0.229 e. The summed E-state index contributed by atoms with van der Waals surface area (Å²) in [5, 5.41) is 0. The molecule has 0 aromatic rings. The summed E-state index contributed by atoms with van der Waals surface area (Å²) in [6.07, 6.45) is 3.16. The molecule has 0 saturated carbocycles. The van der Waals surface area contributed by atoms with Gasteiger partial charge in [0.1, 0.15) is 9.84 Å². The maximum Gasteiger partial charge on any atom is 0.147 e. The molecule has 0 aliphatic rings. The van der Waals surface area contributed by atoms with Gasteiger partial charge >= 0.3 is 0 Å². The minimum Gasteiger partial charge on any atom is -0.229 e. The van der Waals surface area contributed by atoms with E-state index in [1.54, 1.807) is 0 Å². The van der Waals surface area contributed by atoms with Gasteiger partial charge in [0.2, 0.25) is 0 Å². The molecule has 0 saturated heterocycles. The van der Waals surface area contributed by atoms with E-state index in [2.05, 4.69) is 0 Å². The zero-order chi connectivity index (χ0) is 9.12. The molecule has 3 heteroatoms. The number of rotatable bonds is 4. The first-order valence-electron chi connectivity index (χ1n) is 4.01. The van der Waals surface area contributed by atoms with Crippen molar-refractivity contribution in [3.05, 3.63) is 0 Å². The third kappa shape index (κ3) is 4.40. The molecule has 0 N–H and O–H groups in total. The molecule has 0 radical (unpaired) electrons. The fourth-order valence-electron chi connectivity index (χ4n) is 1.09. The van der Waals surface area contributed by atoms with E-state index in [0.717, 1.165) is 12.8 Å². The van der Waals surface area contributed by atoms with Gasteiger partial charge in [0.25, 0.3) is 0 Å². The Morgan fingerprint density at radius 1 is 1.18 bits per heavy atom. The van der Waals surface area contributed by atoms with E-state index < -0.39 is 9.84 Å². The molecule has 0 unspecified atom stereocenters. The SMILES string of the molecule is CCC(C)(CC)CS(C)(=O)=O. The van der Waals surface area contributed by atoms with Crippen LogP contribution in [-0.4, -0.2) is 20.4 Å². The lowest BCUT2D eigenvalue weighted by Crippen LogP contribution is -2.24. The summed E-state index contributed by atoms with van der Waals surface area (Å²) >= 11 is 0. The van der Waals surface area contributed by atoms with Crippen LogP contribution in [0.15, 0.2) is 0 Å². The van der Waals surface area contributed by atoms with E-state index in [1.807, 2.05) is 20.8 Å². The lowest BCUT2D eigenvalue weighted by Gasteiger charge is -2.24. The van der Waals surface area contributed by atoms with E-state index in [9.17, 15) is 8.42 Å². The highest BCUT2D eigenvalue weighted by molar-refractivity contribution is 7.90. The maximum atomic E-state index is 11.0. The second-order valence-corrected chi connectivity index (χ2v) is 5.73. The van der Waals surface area contributed by atoms with Crippen molar-refractivity contribution < 1.29 is 8.42 Å². The van der Waals surface area contributed by atoms with Crippen LogP contribution in [0, 0.1) is 5.41 Å². The second kappa shape index (κ2) is 3.57. The highest BCUT2D eigenvalue weighted by Crippen LogP contribution is 2.26. The summed E-state index contributed by atoms with van der Waals surface area (Å²) in [5.74, 6) is 0.312. The molecule has 0 atom stereocenters. The maximum absolute atomic E-state index is 11.0. The van der Waals surface area contributed by atoms with Crippen LogP contribution in [0.2, 0.25) is 0 Å². The Hall–Kier alpha value is -0.0500. The minimum atomic E-state index is -2.81. The van der Waals surface area contributed by atoms with Crippen LogP contribution in [-0.2, 0) is 9.84 Å². The molecular formula is C8H18O2S. The Balaban J connectivity index is 4.32. The molecule has 2 nitrogen and oxygen atoms in total. The first-order valence-corrected chi connectivity index (χ1v) is 6.07. The van der Waals surface area contributed by atoms with Crippen molar-refractivity contribution in [2.24, 2.45) is 5.41 Å². The van der Waals surface area contributed by atoms with Gasteiger partial charge < -0.3 is 0 Å². The van der Waals surface area contributed by atoms with Gasteiger partial charge in [-0.05, 0) is 18.3 Å². The van der Waals surface area contributed by atoms with Crippen LogP contribution in [0.3, 0.4) is 0 Å². The van der Waals surface area contributed by atoms with Gasteiger partial charge in [0.15, 0.2) is 0 Å². The second-order valence-electron chi connectivity index (χ2n) is 3.59. The third-order valence-electron chi connectivity index (χ3n) is 2.32. The van der Waals surface area contributed by atoms with Gasteiger partial charge in [0.05, 0.1) is 5.75 Å². The standard InChI is InChI=1S/C8H18O2S/c1-5-8(3,6-2)7-11(4,9)10/h5-7H2,1-4H3. The summed E-state index contributed by atoms with van der Waals surface area (Å²) in [4.78, 5) is 0. The van der Waals surface area contributed by atoms with Crippen molar-refractivity contribution in [2.45, 2.75) is 33.6 Å². The quantitative estimate of drug-likeness (QED) is 0.658. The molecule has 68 valence electrons. The van der Waals surface area contributed by atoms with E-state index in [4.69, 9.17) is 0 Å². The number of sulfone groups is 1. The summed E-state index contributed by atoms with van der Waals surface area (Å²) < 4.78 is 21.9. The van der Waals surface area contributed by atoms with Gasteiger partial charge in [-0.25, -0.2) is 8.42 Å². The van der Waals surface area contributed by atoms with Crippen LogP contribution < -0.4 is 0 Å². The van der Waals surface area contributed by atoms with Crippen molar-refractivity contribution in [3.8, 4) is 0 Å². The van der Waals surface area contributed by atoms with Gasteiger partial charge in [0, 0.05) is 6.26 Å². The molecule has 0 fully saturated rings. The first kappa shape index (κ1) is 11.0. The van der Waals surface area contributed by atoms with Crippen molar-refractivity contribution >= 4 is 9.84 Å². The Labute approximate surface area is 69.9 Å². The van der Waals surface area contributed by atoms with Gasteiger partial charge in [-0.15, -0.1) is 0 Å². The molecule has 11 heavy (non-hydrogen) atoms. The smallest absolute Gasteiger partial charge is 0.147 e. The Bertz CT molecular complexity index is 200. The van der Waals surface area contributed by atoms with Crippen LogP contribution in [0.1, 0.15) is 33.6 Å². The van der Waals surface area contributed by atoms with Crippen molar-refractivity contribution in [3.63, 3.8) is 0 Å². The highest BCUT2D eigenvalue weighted by Gasteiger charge is 2.24. The van der Waals surface area contributed by atoms with E-state index in [1.165, 1.54) is 6.26 Å². The molecule has 0 bridgehead atoms. The molecule has 0 aromatic carbocycles. The lowest BCUT2D eigenvalue weighted by atomic mass is 9.87. The topological polar surface area (TPSA) is 34.1 Å². The summed E-state index contributed by atoms with van der Waals surface area (Å²) in [7, 11) is -2.81. The predicted octanol–water partition coefficient (Wildman–Crippen LogP) is 1.86. The molecular weight excluding hydrogens is 160 g/mol. The first-order chi connectivity index (χ1) is 4.83. The highest BCUT2D eigenvalue weighted by atomic mass is 32.2. The van der Waals surface area contributed by atoms with Crippen LogP contribution >= 0.6 is 0 Å². The Kier molecular flexibility index (Phi) is 3.55. The average molecular weight is 178 g/mol. The normalized spacial score (nSPS) is 13.5. The average Bonchev–Trinajstić information content (AvgIpc) is 1.84. The molecule has 0 aliphatic heterocycles. The number of hydrogen-bond donors (Lipinski definition) is 0. The van der Waals surface area contributed by atoms with Gasteiger partial charge in [-0.1, -0.05) is 20.8 Å². The molecule has 0 aromatic heterocycles. The molecule has 0 heterocycles. The summed E-state index contributed by atoms with van der Waals surface area (Å²) in [6, 6.07) is 0. The van der Waals surface area contributed by atoms with E-state index >= 15 is 0 Å². The predicted molar refractivity (Wildman–Crippen MR) is 48.4 cm³/mol. The van der Waals surface area contributed by atoms with Gasteiger partial charge in [-0.3, -0.25) is 0 Å². The van der Waals surface area contributed by atoms with Crippen molar-refractivity contribution in [1.82, 2.24) is 0 Å². The van der Waals surface area contributed by atoms with Crippen molar-refractivity contribution in [1.29, 1.82) is 0 Å². The molecule has 0 aliphatic carbocycles. The Morgan fingerprint density at radius 2 is 1.55 bits per heavy atom. The van der Waals surface area contributed by atoms with Gasteiger partial charge in [-0.2, -0.15) is 0 Å². The lowest BCUT2D eigenvalue weighted by molar-refractivity contribution is 0.340. The zero-order valence-corrected chi connectivity index (χ0v) is 8.66. The van der Waals surface area contributed by atoms with Crippen LogP contribution in [0.4, 0.5) is 0 Å². The Morgan fingerprint density at radius 3 is 1.64 bits per heavy atom. The minimum absolute atomic E-state index is 0.0203. The zero-order valence-electron chi connectivity index (χ0n) is 7.85. The fourth-order valence-corrected chi connectivity index (χ4v) is 2.76.